The molecule has 0 saturated heterocycles. The van der Waals surface area contributed by atoms with Gasteiger partial charge in [-0.2, -0.15) is 0 Å². The van der Waals surface area contributed by atoms with Gasteiger partial charge in [-0.3, -0.25) is 9.78 Å². The summed E-state index contributed by atoms with van der Waals surface area (Å²) in [5, 5.41) is 11.6. The molecule has 1 aromatic heterocycles. The van der Waals surface area contributed by atoms with E-state index in [1.807, 2.05) is 32.3 Å². The van der Waals surface area contributed by atoms with Crippen LogP contribution in [-0.4, -0.2) is 49.9 Å². The standard InChI is InChI=1S/C21H28N2O4/c1-23(2)13-15-11-21(25,12-16(15)14-8-6-5-7-9-14)19-17(24)10-18(26-3)22-20(19)27-4/h5-10,15-16,25H,11-13H2,1-4H3,(H,22,24)/t15-,16+,21-/m0/s1. The Morgan fingerprint density at radius 2 is 1.89 bits per heavy atom. The van der Waals surface area contributed by atoms with E-state index in [0.29, 0.717) is 18.7 Å². The second-order valence-electron chi connectivity index (χ2n) is 7.59. The average Bonchev–Trinajstić information content (AvgIpc) is 2.97. The minimum atomic E-state index is -1.26. The topological polar surface area (TPSA) is 74.8 Å². The predicted molar refractivity (Wildman–Crippen MR) is 105 cm³/mol. The molecule has 0 amide bonds. The molecule has 6 nitrogen and oxygen atoms in total. The zero-order valence-electron chi connectivity index (χ0n) is 16.4. The Morgan fingerprint density at radius 1 is 1.19 bits per heavy atom. The Kier molecular flexibility index (Phi) is 5.58. The van der Waals surface area contributed by atoms with Gasteiger partial charge in [0.25, 0.3) is 0 Å². The number of benzene rings is 1. The van der Waals surface area contributed by atoms with Gasteiger partial charge in [-0.15, -0.1) is 0 Å². The number of aromatic nitrogens is 1. The molecule has 1 saturated carbocycles. The summed E-state index contributed by atoms with van der Waals surface area (Å²) in [6.45, 7) is 0.832. The van der Waals surface area contributed by atoms with Gasteiger partial charge in [0.05, 0.1) is 25.4 Å². The van der Waals surface area contributed by atoms with E-state index in [9.17, 15) is 9.90 Å². The molecule has 0 aliphatic heterocycles. The van der Waals surface area contributed by atoms with E-state index in [2.05, 4.69) is 22.0 Å². The van der Waals surface area contributed by atoms with Gasteiger partial charge in [-0.1, -0.05) is 30.3 Å². The van der Waals surface area contributed by atoms with Crippen LogP contribution < -0.4 is 14.9 Å². The van der Waals surface area contributed by atoms with Gasteiger partial charge in [-0.25, -0.2) is 0 Å². The third-order valence-electron chi connectivity index (χ3n) is 5.42. The highest BCUT2D eigenvalue weighted by Crippen LogP contribution is 2.51. The molecule has 3 rings (SSSR count). The lowest BCUT2D eigenvalue weighted by Crippen LogP contribution is -2.31. The van der Waals surface area contributed by atoms with Crippen LogP contribution in [0.15, 0.2) is 41.2 Å². The Morgan fingerprint density at radius 3 is 2.48 bits per heavy atom. The molecule has 1 aromatic carbocycles. The summed E-state index contributed by atoms with van der Waals surface area (Å²) in [4.78, 5) is 17.9. The van der Waals surface area contributed by atoms with Gasteiger partial charge in [0, 0.05) is 12.6 Å². The first-order chi connectivity index (χ1) is 12.9. The van der Waals surface area contributed by atoms with Crippen LogP contribution in [0.5, 0.6) is 11.8 Å². The Balaban J connectivity index is 2.05. The van der Waals surface area contributed by atoms with Crippen molar-refractivity contribution in [2.24, 2.45) is 5.92 Å². The number of methoxy groups -OCH3 is 2. The van der Waals surface area contributed by atoms with Crippen LogP contribution in [0.3, 0.4) is 0 Å². The number of ether oxygens (including phenoxy) is 2. The van der Waals surface area contributed by atoms with Gasteiger partial charge in [0.15, 0.2) is 11.3 Å². The third-order valence-corrected chi connectivity index (χ3v) is 5.42. The Bertz CT molecular complexity index is 834. The third kappa shape index (κ3) is 3.87. The number of H-pyrrole nitrogens is 1. The maximum Gasteiger partial charge on any atom is 0.203 e. The number of hydrogen-bond acceptors (Lipinski definition) is 5. The fraction of sp³-hybridized carbons (Fsp3) is 0.476. The van der Waals surface area contributed by atoms with Gasteiger partial charge in [0.1, 0.15) is 0 Å². The number of hydrogen-bond donors (Lipinski definition) is 2. The van der Waals surface area contributed by atoms with Crippen LogP contribution in [0.25, 0.3) is 0 Å². The van der Waals surface area contributed by atoms with Crippen molar-refractivity contribution in [3.8, 4) is 11.8 Å². The summed E-state index contributed by atoms with van der Waals surface area (Å²) in [5.74, 6) is 0.953. The number of nitrogens with zero attached hydrogens (tertiary/aromatic N) is 1. The summed E-state index contributed by atoms with van der Waals surface area (Å²) in [6.07, 6.45) is 0.970. The first kappa shape index (κ1) is 19.5. The zero-order valence-corrected chi connectivity index (χ0v) is 16.4. The smallest absolute Gasteiger partial charge is 0.203 e. The second-order valence-corrected chi connectivity index (χ2v) is 7.59. The molecule has 146 valence electrons. The molecule has 0 radical (unpaired) electrons. The van der Waals surface area contributed by atoms with E-state index in [-0.39, 0.29) is 28.7 Å². The van der Waals surface area contributed by atoms with Gasteiger partial charge in [0.2, 0.25) is 5.88 Å². The average molecular weight is 372 g/mol. The van der Waals surface area contributed by atoms with Crippen molar-refractivity contribution in [2.75, 3.05) is 34.9 Å². The van der Waals surface area contributed by atoms with Crippen LogP contribution in [0.2, 0.25) is 0 Å². The molecule has 27 heavy (non-hydrogen) atoms. The molecule has 3 atom stereocenters. The largest absolute Gasteiger partial charge is 0.482 e. The van der Waals surface area contributed by atoms with Crippen LogP contribution in [0.1, 0.15) is 29.9 Å². The zero-order chi connectivity index (χ0) is 19.6. The van der Waals surface area contributed by atoms with Gasteiger partial charge < -0.3 is 19.5 Å². The lowest BCUT2D eigenvalue weighted by molar-refractivity contribution is 0.0338. The van der Waals surface area contributed by atoms with Crippen molar-refractivity contribution in [3.05, 3.63) is 57.7 Å². The van der Waals surface area contributed by atoms with E-state index < -0.39 is 5.60 Å². The first-order valence-electron chi connectivity index (χ1n) is 9.16. The molecule has 2 aromatic rings. The summed E-state index contributed by atoms with van der Waals surface area (Å²) in [5.41, 5.74) is -0.0636. The SMILES string of the molecule is COc1cc(=O)c([C@]2(O)C[C@@H](CN(C)C)[C@@H](c3ccccc3)C2)c(OC)[nH]1. The Hall–Kier alpha value is -2.31. The maximum absolute atomic E-state index is 12.8. The summed E-state index contributed by atoms with van der Waals surface area (Å²) < 4.78 is 10.5. The van der Waals surface area contributed by atoms with Crippen molar-refractivity contribution in [1.82, 2.24) is 9.88 Å². The molecular formula is C21H28N2O4. The van der Waals surface area contributed by atoms with Gasteiger partial charge in [-0.05, 0) is 44.3 Å². The minimum absolute atomic E-state index is 0.157. The van der Waals surface area contributed by atoms with E-state index in [0.717, 1.165) is 6.54 Å². The molecule has 1 aliphatic rings. The molecule has 1 fully saturated rings. The van der Waals surface area contributed by atoms with Gasteiger partial charge >= 0.3 is 0 Å². The van der Waals surface area contributed by atoms with E-state index in [1.54, 1.807) is 0 Å². The van der Waals surface area contributed by atoms with Crippen LogP contribution >= 0.6 is 0 Å². The van der Waals surface area contributed by atoms with Crippen molar-refractivity contribution < 1.29 is 14.6 Å². The predicted octanol–water partition coefficient (Wildman–Crippen LogP) is 2.34. The lowest BCUT2D eigenvalue weighted by Gasteiger charge is -2.25. The quantitative estimate of drug-likeness (QED) is 0.814. The fourth-order valence-corrected chi connectivity index (χ4v) is 4.36. The second kappa shape index (κ2) is 7.74. The molecule has 0 bridgehead atoms. The number of aliphatic hydroxyl groups is 1. The van der Waals surface area contributed by atoms with Crippen molar-refractivity contribution in [2.45, 2.75) is 24.4 Å². The molecule has 1 aliphatic carbocycles. The van der Waals surface area contributed by atoms with Crippen molar-refractivity contribution in [3.63, 3.8) is 0 Å². The number of rotatable bonds is 6. The van der Waals surface area contributed by atoms with E-state index >= 15 is 0 Å². The fourth-order valence-electron chi connectivity index (χ4n) is 4.36. The number of pyridine rings is 1. The number of aromatic amines is 1. The van der Waals surface area contributed by atoms with Crippen molar-refractivity contribution >= 4 is 0 Å². The number of nitrogens with one attached hydrogen (secondary N) is 1. The molecule has 0 spiro atoms. The molecule has 0 unspecified atom stereocenters. The highest BCUT2D eigenvalue weighted by atomic mass is 16.5. The van der Waals surface area contributed by atoms with Crippen LogP contribution in [0, 0.1) is 5.92 Å². The van der Waals surface area contributed by atoms with E-state index in [4.69, 9.17) is 9.47 Å². The monoisotopic (exact) mass is 372 g/mol. The highest BCUT2D eigenvalue weighted by Gasteiger charge is 2.48. The van der Waals surface area contributed by atoms with Crippen LogP contribution in [0.4, 0.5) is 0 Å². The summed E-state index contributed by atoms with van der Waals surface area (Å²) >= 11 is 0. The summed E-state index contributed by atoms with van der Waals surface area (Å²) in [7, 11) is 7.02. The first-order valence-corrected chi connectivity index (χ1v) is 9.16. The van der Waals surface area contributed by atoms with Crippen molar-refractivity contribution in [1.29, 1.82) is 0 Å². The highest BCUT2D eigenvalue weighted by molar-refractivity contribution is 5.38. The molecule has 6 heteroatoms. The van der Waals surface area contributed by atoms with E-state index in [1.165, 1.54) is 25.8 Å². The minimum Gasteiger partial charge on any atom is -0.482 e. The lowest BCUT2D eigenvalue weighted by atomic mass is 9.88. The normalized spacial score (nSPS) is 25.0. The Labute approximate surface area is 159 Å². The van der Waals surface area contributed by atoms with Crippen LogP contribution in [-0.2, 0) is 5.60 Å². The maximum atomic E-state index is 12.8. The molecular weight excluding hydrogens is 344 g/mol. The molecule has 2 N–H and O–H groups in total. The molecule has 1 heterocycles. The summed E-state index contributed by atoms with van der Waals surface area (Å²) in [6, 6.07) is 11.6.